The number of hydrogen-bond acceptors (Lipinski definition) is 6. The van der Waals surface area contributed by atoms with Gasteiger partial charge in [-0.3, -0.25) is 0 Å². The summed E-state index contributed by atoms with van der Waals surface area (Å²) in [6.45, 7) is 1.58. The molecule has 188 valence electrons. The number of pyridine rings is 1. The van der Waals surface area contributed by atoms with Crippen molar-refractivity contribution < 1.29 is 26.5 Å². The molecule has 1 aliphatic heterocycles. The Morgan fingerprint density at radius 1 is 1.14 bits per heavy atom. The van der Waals surface area contributed by atoms with Crippen LogP contribution in [-0.4, -0.2) is 44.0 Å². The molecule has 0 aliphatic carbocycles. The lowest BCUT2D eigenvalue weighted by molar-refractivity contribution is -0.137. The SMILES string of the molecule is [2H]C([2H])([2H])N1C[C@H](Oc2cc(Cl)c(-c3noc(-c4cn5cc(C(F)(F)F)cc(Cl)c5n4)n3)cc2Cl)CCC1=C. The number of fused-ring (bicyclic) bond motifs is 1. The summed E-state index contributed by atoms with van der Waals surface area (Å²) in [5, 5.41) is 4.03. The van der Waals surface area contributed by atoms with Crippen LogP contribution in [0.15, 0.2) is 47.4 Å². The van der Waals surface area contributed by atoms with E-state index in [2.05, 4.69) is 21.7 Å². The maximum atomic E-state index is 13.1. The lowest BCUT2D eigenvalue weighted by atomic mass is 10.1. The molecule has 0 N–H and O–H groups in total. The van der Waals surface area contributed by atoms with Gasteiger partial charge in [0.15, 0.2) is 5.65 Å². The molecule has 0 bridgehead atoms. The first-order chi connectivity index (χ1) is 18.2. The molecular formula is C23H17Cl3F3N5O2. The Morgan fingerprint density at radius 2 is 1.94 bits per heavy atom. The van der Waals surface area contributed by atoms with E-state index in [1.165, 1.54) is 23.2 Å². The van der Waals surface area contributed by atoms with E-state index in [1.54, 1.807) is 0 Å². The molecule has 0 radical (unpaired) electrons. The second-order valence-electron chi connectivity index (χ2n) is 8.07. The Labute approximate surface area is 222 Å². The zero-order valence-electron chi connectivity index (χ0n) is 21.1. The molecule has 13 heteroatoms. The highest BCUT2D eigenvalue weighted by molar-refractivity contribution is 6.36. The van der Waals surface area contributed by atoms with E-state index in [9.17, 15) is 13.2 Å². The van der Waals surface area contributed by atoms with Crippen molar-refractivity contribution in [3.05, 3.63) is 63.5 Å². The number of aromatic nitrogens is 4. The van der Waals surface area contributed by atoms with Crippen molar-refractivity contribution in [2.75, 3.05) is 13.5 Å². The van der Waals surface area contributed by atoms with E-state index < -0.39 is 24.8 Å². The summed E-state index contributed by atoms with van der Waals surface area (Å²) in [7, 11) is 0. The Morgan fingerprint density at radius 3 is 2.69 bits per heavy atom. The summed E-state index contributed by atoms with van der Waals surface area (Å²) < 4.78 is 74.8. The topological polar surface area (TPSA) is 68.7 Å². The highest BCUT2D eigenvalue weighted by Crippen LogP contribution is 2.38. The molecule has 7 nitrogen and oxygen atoms in total. The maximum absolute atomic E-state index is 13.1. The van der Waals surface area contributed by atoms with Gasteiger partial charge in [0.2, 0.25) is 5.82 Å². The van der Waals surface area contributed by atoms with Gasteiger partial charge >= 0.3 is 6.18 Å². The fourth-order valence-electron chi connectivity index (χ4n) is 3.70. The third-order valence-corrected chi connectivity index (χ3v) is 6.44. The number of likely N-dealkylation sites (tertiary alicyclic amines) is 1. The molecule has 1 atom stereocenters. The number of benzene rings is 1. The zero-order valence-corrected chi connectivity index (χ0v) is 20.4. The van der Waals surface area contributed by atoms with Gasteiger partial charge in [-0.05, 0) is 25.0 Å². The number of hydrogen-bond donors (Lipinski definition) is 0. The van der Waals surface area contributed by atoms with Crippen LogP contribution in [0.3, 0.4) is 0 Å². The van der Waals surface area contributed by atoms with Crippen molar-refractivity contribution in [1.29, 1.82) is 0 Å². The summed E-state index contributed by atoms with van der Waals surface area (Å²) in [5.74, 6) is 0.204. The first-order valence-electron chi connectivity index (χ1n) is 11.9. The van der Waals surface area contributed by atoms with Crippen molar-refractivity contribution in [2.45, 2.75) is 25.1 Å². The summed E-state index contributed by atoms with van der Waals surface area (Å²) >= 11 is 18.9. The first-order valence-corrected chi connectivity index (χ1v) is 11.5. The van der Waals surface area contributed by atoms with Crippen LogP contribution in [-0.2, 0) is 6.18 Å². The lowest BCUT2D eigenvalue weighted by Gasteiger charge is -2.33. The van der Waals surface area contributed by atoms with E-state index in [1.807, 2.05) is 0 Å². The minimum absolute atomic E-state index is 0.0464. The van der Waals surface area contributed by atoms with Crippen LogP contribution in [0.5, 0.6) is 5.75 Å². The van der Waals surface area contributed by atoms with Crippen LogP contribution in [0.2, 0.25) is 15.1 Å². The van der Waals surface area contributed by atoms with Crippen LogP contribution in [0.4, 0.5) is 13.2 Å². The first kappa shape index (κ1) is 21.2. The van der Waals surface area contributed by atoms with Crippen LogP contribution in [0.1, 0.15) is 22.5 Å². The molecule has 0 spiro atoms. The summed E-state index contributed by atoms with van der Waals surface area (Å²) in [5.41, 5.74) is 0.0329. The molecule has 3 aromatic heterocycles. The minimum Gasteiger partial charge on any atom is -0.487 e. The quantitative estimate of drug-likeness (QED) is 0.267. The van der Waals surface area contributed by atoms with Gasteiger partial charge in [0, 0.05) is 40.8 Å². The van der Waals surface area contributed by atoms with Crippen LogP contribution >= 0.6 is 34.8 Å². The van der Waals surface area contributed by atoms with Crippen molar-refractivity contribution in [3.8, 4) is 28.7 Å². The number of nitrogens with zero attached hydrogens (tertiary/aromatic N) is 5. The molecule has 1 saturated heterocycles. The molecule has 1 aliphatic rings. The smallest absolute Gasteiger partial charge is 0.417 e. The minimum atomic E-state index is -4.59. The predicted molar refractivity (Wildman–Crippen MR) is 129 cm³/mol. The highest BCUT2D eigenvalue weighted by atomic mass is 35.5. The van der Waals surface area contributed by atoms with E-state index in [0.717, 1.165) is 16.7 Å². The second-order valence-corrected chi connectivity index (χ2v) is 9.29. The number of ether oxygens (including phenoxy) is 1. The fraction of sp³-hybridized carbons (Fsp3) is 0.261. The predicted octanol–water partition coefficient (Wildman–Crippen LogP) is 7.02. The lowest BCUT2D eigenvalue weighted by Crippen LogP contribution is -2.37. The maximum Gasteiger partial charge on any atom is 0.417 e. The van der Waals surface area contributed by atoms with E-state index in [-0.39, 0.29) is 50.4 Å². The van der Waals surface area contributed by atoms with Crippen molar-refractivity contribution in [1.82, 2.24) is 24.4 Å². The molecular weight excluding hydrogens is 542 g/mol. The average Bonchev–Trinajstić information content (AvgIpc) is 3.49. The van der Waals surface area contributed by atoms with Gasteiger partial charge in [-0.1, -0.05) is 46.5 Å². The summed E-state index contributed by atoms with van der Waals surface area (Å²) in [4.78, 5) is 9.68. The third-order valence-electron chi connectivity index (χ3n) is 5.56. The van der Waals surface area contributed by atoms with E-state index in [0.29, 0.717) is 24.1 Å². The highest BCUT2D eigenvalue weighted by Gasteiger charge is 2.32. The summed E-state index contributed by atoms with van der Waals surface area (Å²) in [6.07, 6.45) is -1.93. The number of piperidine rings is 1. The van der Waals surface area contributed by atoms with Gasteiger partial charge in [-0.25, -0.2) is 4.98 Å². The Kier molecular flexibility index (Phi) is 5.39. The van der Waals surface area contributed by atoms with Crippen molar-refractivity contribution in [3.63, 3.8) is 0 Å². The van der Waals surface area contributed by atoms with Gasteiger partial charge < -0.3 is 18.6 Å². The van der Waals surface area contributed by atoms with Crippen molar-refractivity contribution >= 4 is 40.4 Å². The van der Waals surface area contributed by atoms with Gasteiger partial charge in [0.1, 0.15) is 17.5 Å². The monoisotopic (exact) mass is 560 g/mol. The number of likely N-dealkylation sites (N-methyl/N-ethyl adjacent to an activating group) is 1. The van der Waals surface area contributed by atoms with Gasteiger partial charge in [0.05, 0.1) is 27.2 Å². The molecule has 36 heavy (non-hydrogen) atoms. The molecule has 1 fully saturated rings. The third kappa shape index (κ3) is 4.72. The molecule has 0 saturated carbocycles. The molecule has 1 aromatic carbocycles. The van der Waals surface area contributed by atoms with Crippen LogP contribution in [0, 0.1) is 0 Å². The number of alkyl halides is 3. The Balaban J connectivity index is 1.39. The van der Waals surface area contributed by atoms with Crippen molar-refractivity contribution in [2.24, 2.45) is 0 Å². The molecule has 4 aromatic rings. The molecule has 0 unspecified atom stereocenters. The Bertz CT molecular complexity index is 1590. The zero-order chi connectivity index (χ0) is 28.3. The molecule has 0 amide bonds. The second kappa shape index (κ2) is 9.17. The normalized spacial score (nSPS) is 18.3. The number of allylic oxidation sites excluding steroid dienone is 1. The molecule has 5 rings (SSSR count). The largest absolute Gasteiger partial charge is 0.487 e. The molecule has 4 heterocycles. The number of imidazole rings is 1. The van der Waals surface area contributed by atoms with E-state index in [4.69, 9.17) is 48.2 Å². The van der Waals surface area contributed by atoms with Gasteiger partial charge in [0.25, 0.3) is 5.89 Å². The van der Waals surface area contributed by atoms with Crippen LogP contribution in [0.25, 0.3) is 28.6 Å². The average molecular weight is 562 g/mol. The number of rotatable bonds is 4. The van der Waals surface area contributed by atoms with Gasteiger partial charge in [-0.2, -0.15) is 18.2 Å². The summed E-state index contributed by atoms with van der Waals surface area (Å²) in [6, 6.07) is 3.71. The fourth-order valence-corrected chi connectivity index (χ4v) is 4.41. The van der Waals surface area contributed by atoms with Gasteiger partial charge in [-0.15, -0.1) is 0 Å². The van der Waals surface area contributed by atoms with Crippen LogP contribution < -0.4 is 4.74 Å². The standard InChI is InChI=1S/C23H17Cl3F3N5O2/c1-11-3-4-13(9-33(11)2)35-19-7-15(24)14(6-16(19)25)20-31-22(36-32-20)18-10-34-8-12(23(27,28)29)5-17(26)21(34)30-18/h5-8,10,13H,1,3-4,9H2,2H3/t13-/m1/s1/i2D3. The number of halogens is 6. The Hall–Kier alpha value is -2.95. The van der Waals surface area contributed by atoms with E-state index >= 15 is 0 Å².